The van der Waals surface area contributed by atoms with Crippen LogP contribution in [-0.4, -0.2) is 22.1 Å². The highest BCUT2D eigenvalue weighted by molar-refractivity contribution is 7.17. The van der Waals surface area contributed by atoms with Crippen molar-refractivity contribution < 1.29 is 9.90 Å². The highest BCUT2D eigenvalue weighted by atomic mass is 32.1. The van der Waals surface area contributed by atoms with E-state index < -0.39 is 5.97 Å². The van der Waals surface area contributed by atoms with Crippen molar-refractivity contribution in [3.8, 4) is 0 Å². The van der Waals surface area contributed by atoms with Crippen LogP contribution in [0.2, 0.25) is 0 Å². The van der Waals surface area contributed by atoms with Gasteiger partial charge >= 0.3 is 5.97 Å². The summed E-state index contributed by atoms with van der Waals surface area (Å²) in [6.45, 7) is 8.82. The lowest BCUT2D eigenvalue weighted by Gasteiger charge is -2.02. The van der Waals surface area contributed by atoms with E-state index in [1.165, 1.54) is 17.5 Å². The number of anilines is 1. The van der Waals surface area contributed by atoms with Crippen LogP contribution in [0.25, 0.3) is 0 Å². The van der Waals surface area contributed by atoms with Gasteiger partial charge in [-0.3, -0.25) is 0 Å². The molecule has 1 saturated carbocycles. The van der Waals surface area contributed by atoms with Crippen molar-refractivity contribution in [2.75, 3.05) is 5.32 Å². The molecule has 0 bridgehead atoms. The Labute approximate surface area is 98.7 Å². The second-order valence-electron chi connectivity index (χ2n) is 5.36. The van der Waals surface area contributed by atoms with E-state index in [2.05, 4.69) is 38.0 Å². The molecular weight excluding hydrogens is 224 g/mol. The summed E-state index contributed by atoms with van der Waals surface area (Å²) in [5, 5.41) is 12.8. The molecule has 0 spiro atoms. The predicted molar refractivity (Wildman–Crippen MR) is 64.0 cm³/mol. The van der Waals surface area contributed by atoms with E-state index in [4.69, 9.17) is 5.11 Å². The van der Waals surface area contributed by atoms with Crippen molar-refractivity contribution in [1.29, 1.82) is 0 Å². The fraction of sp³-hybridized carbons (Fsp3) is 0.636. The van der Waals surface area contributed by atoms with Crippen LogP contribution in [0, 0.1) is 10.8 Å². The highest BCUT2D eigenvalue weighted by Crippen LogP contribution is 2.63. The van der Waals surface area contributed by atoms with Gasteiger partial charge in [0.15, 0.2) is 5.13 Å². The summed E-state index contributed by atoms with van der Waals surface area (Å²) >= 11 is 1.19. The average molecular weight is 240 g/mol. The van der Waals surface area contributed by atoms with Gasteiger partial charge < -0.3 is 10.4 Å². The Morgan fingerprint density at radius 3 is 2.38 bits per heavy atom. The van der Waals surface area contributed by atoms with E-state index in [1.54, 1.807) is 0 Å². The Morgan fingerprint density at radius 2 is 2.00 bits per heavy atom. The molecule has 2 N–H and O–H groups in total. The van der Waals surface area contributed by atoms with Crippen LogP contribution in [0.15, 0.2) is 6.20 Å². The number of nitrogens with one attached hydrogen (secondary N) is 1. The van der Waals surface area contributed by atoms with E-state index >= 15 is 0 Å². The quantitative estimate of drug-likeness (QED) is 0.852. The van der Waals surface area contributed by atoms with Crippen LogP contribution in [-0.2, 0) is 0 Å². The molecule has 0 radical (unpaired) electrons. The smallest absolute Gasteiger partial charge is 0.347 e. The molecule has 2 rings (SSSR count). The number of carboxylic acid groups (broad SMARTS) is 1. The molecule has 0 amide bonds. The standard InChI is InChI=1S/C11H16N2O2S/c1-10(2)8(11(10,3)4)13-9-12-5-6(16-9)7(14)15/h5,8H,1-4H3,(H,12,13)(H,14,15). The monoisotopic (exact) mass is 240 g/mol. The molecule has 5 heteroatoms. The number of hydrogen-bond acceptors (Lipinski definition) is 4. The third-order valence-electron chi connectivity index (χ3n) is 4.01. The van der Waals surface area contributed by atoms with Gasteiger partial charge in [-0.05, 0) is 10.8 Å². The van der Waals surface area contributed by atoms with Crippen molar-refractivity contribution in [3.63, 3.8) is 0 Å². The molecule has 1 aliphatic carbocycles. The maximum absolute atomic E-state index is 10.7. The second-order valence-corrected chi connectivity index (χ2v) is 6.39. The van der Waals surface area contributed by atoms with E-state index in [0.29, 0.717) is 11.2 Å². The molecule has 4 nitrogen and oxygen atoms in total. The van der Waals surface area contributed by atoms with Crippen LogP contribution >= 0.6 is 11.3 Å². The largest absolute Gasteiger partial charge is 0.477 e. The van der Waals surface area contributed by atoms with Gasteiger partial charge in [0.2, 0.25) is 0 Å². The summed E-state index contributed by atoms with van der Waals surface area (Å²) in [5.74, 6) is -0.917. The van der Waals surface area contributed by atoms with Crippen molar-refractivity contribution >= 4 is 22.4 Å². The number of carbonyl (C=O) groups is 1. The summed E-state index contributed by atoms with van der Waals surface area (Å²) in [5.41, 5.74) is 0.449. The first-order chi connectivity index (χ1) is 7.26. The van der Waals surface area contributed by atoms with E-state index in [9.17, 15) is 4.79 Å². The molecule has 1 aromatic rings. The number of thiazole rings is 1. The van der Waals surface area contributed by atoms with Gasteiger partial charge in [0.05, 0.1) is 6.20 Å². The maximum Gasteiger partial charge on any atom is 0.347 e. The van der Waals surface area contributed by atoms with Crippen LogP contribution in [0.4, 0.5) is 5.13 Å². The molecule has 1 aromatic heterocycles. The number of aromatic nitrogens is 1. The lowest BCUT2D eigenvalue weighted by Crippen LogP contribution is -2.09. The minimum Gasteiger partial charge on any atom is -0.477 e. The molecule has 0 unspecified atom stereocenters. The average Bonchev–Trinajstić information content (AvgIpc) is 2.60. The molecule has 88 valence electrons. The van der Waals surface area contributed by atoms with Gasteiger partial charge in [-0.25, -0.2) is 9.78 Å². The van der Waals surface area contributed by atoms with Gasteiger partial charge in [-0.1, -0.05) is 39.0 Å². The summed E-state index contributed by atoms with van der Waals surface area (Å²) in [4.78, 5) is 15.1. The topological polar surface area (TPSA) is 62.2 Å². The predicted octanol–water partition coefficient (Wildman–Crippen LogP) is 2.69. The molecule has 0 saturated heterocycles. The van der Waals surface area contributed by atoms with Crippen molar-refractivity contribution in [2.24, 2.45) is 10.8 Å². The highest BCUT2D eigenvalue weighted by Gasteiger charge is 2.65. The first-order valence-electron chi connectivity index (χ1n) is 5.22. The van der Waals surface area contributed by atoms with Gasteiger partial charge in [0.1, 0.15) is 4.88 Å². The normalized spacial score (nSPS) is 21.8. The third-order valence-corrected chi connectivity index (χ3v) is 4.92. The molecule has 0 atom stereocenters. The number of rotatable bonds is 3. The van der Waals surface area contributed by atoms with E-state index in [1.807, 2.05) is 0 Å². The van der Waals surface area contributed by atoms with E-state index in [-0.39, 0.29) is 15.7 Å². The van der Waals surface area contributed by atoms with Crippen LogP contribution in [0.1, 0.15) is 37.4 Å². The Balaban J connectivity index is 2.09. The Bertz CT molecular complexity index is 423. The third kappa shape index (κ3) is 1.50. The molecule has 0 aliphatic heterocycles. The number of carboxylic acids is 1. The van der Waals surface area contributed by atoms with Crippen molar-refractivity contribution in [1.82, 2.24) is 4.98 Å². The number of nitrogens with zero attached hydrogens (tertiary/aromatic N) is 1. The number of aromatic carboxylic acids is 1. The van der Waals surface area contributed by atoms with Crippen molar-refractivity contribution in [2.45, 2.75) is 33.7 Å². The second kappa shape index (κ2) is 3.20. The summed E-state index contributed by atoms with van der Waals surface area (Å²) in [6.07, 6.45) is 1.40. The Hall–Kier alpha value is -1.10. The zero-order valence-corrected chi connectivity index (χ0v) is 10.7. The van der Waals surface area contributed by atoms with Crippen molar-refractivity contribution in [3.05, 3.63) is 11.1 Å². The molecule has 16 heavy (non-hydrogen) atoms. The minimum absolute atomic E-state index is 0.224. The molecule has 1 aliphatic rings. The lowest BCUT2D eigenvalue weighted by molar-refractivity contribution is 0.0702. The van der Waals surface area contributed by atoms with Crippen LogP contribution in [0.5, 0.6) is 0 Å². The zero-order chi connectivity index (χ0) is 12.1. The van der Waals surface area contributed by atoms with Crippen LogP contribution in [0.3, 0.4) is 0 Å². The first-order valence-corrected chi connectivity index (χ1v) is 6.04. The molecule has 0 aromatic carbocycles. The summed E-state index contributed by atoms with van der Waals surface area (Å²) in [6, 6.07) is 0.354. The molecular formula is C11H16N2O2S. The maximum atomic E-state index is 10.7. The van der Waals surface area contributed by atoms with E-state index in [0.717, 1.165) is 0 Å². The molecule has 1 fully saturated rings. The molecule has 1 heterocycles. The fourth-order valence-electron chi connectivity index (χ4n) is 2.12. The van der Waals surface area contributed by atoms with Gasteiger partial charge in [0, 0.05) is 6.04 Å². The summed E-state index contributed by atoms with van der Waals surface area (Å²) in [7, 11) is 0. The van der Waals surface area contributed by atoms with Crippen LogP contribution < -0.4 is 5.32 Å². The van der Waals surface area contributed by atoms with Gasteiger partial charge in [-0.2, -0.15) is 0 Å². The van der Waals surface area contributed by atoms with Gasteiger partial charge in [-0.15, -0.1) is 0 Å². The Morgan fingerprint density at radius 1 is 1.44 bits per heavy atom. The van der Waals surface area contributed by atoms with Gasteiger partial charge in [0.25, 0.3) is 0 Å². The minimum atomic E-state index is -0.917. The Kier molecular flexibility index (Phi) is 2.28. The summed E-state index contributed by atoms with van der Waals surface area (Å²) < 4.78 is 0. The number of hydrogen-bond donors (Lipinski definition) is 2. The first kappa shape index (κ1) is 11.4. The zero-order valence-electron chi connectivity index (χ0n) is 9.87. The fourth-order valence-corrected chi connectivity index (χ4v) is 2.80. The SMILES string of the molecule is CC1(C)C(Nc2ncc(C(=O)O)s2)C1(C)C. The lowest BCUT2D eigenvalue weighted by atomic mass is 10.0.